The molecular weight excluding hydrogens is 311 g/mol. The van der Waals surface area contributed by atoms with Gasteiger partial charge in [-0.3, -0.25) is 4.68 Å². The lowest BCUT2D eigenvalue weighted by Gasteiger charge is -2.32. The molecule has 0 saturated carbocycles. The normalized spacial score (nSPS) is 18.8. The fourth-order valence-electron chi connectivity index (χ4n) is 3.22. The predicted molar refractivity (Wildman–Crippen MR) is 102 cm³/mol. The molecule has 1 aliphatic heterocycles. The molecule has 0 unspecified atom stereocenters. The maximum absolute atomic E-state index is 6.20. The second-order valence-corrected chi connectivity index (χ2v) is 7.70. The molecule has 0 bridgehead atoms. The third-order valence-corrected chi connectivity index (χ3v) is 5.45. The molecular formula is C20H23BN2O2. The molecule has 2 heterocycles. The third-order valence-electron chi connectivity index (χ3n) is 5.45. The summed E-state index contributed by atoms with van der Waals surface area (Å²) in [4.78, 5) is 0. The highest BCUT2D eigenvalue weighted by molar-refractivity contribution is 6.62. The number of fused-ring (bicyclic) bond motifs is 1. The molecule has 1 aromatic heterocycles. The quantitative estimate of drug-likeness (QED) is 0.673. The molecule has 0 spiro atoms. The van der Waals surface area contributed by atoms with Crippen molar-refractivity contribution < 1.29 is 9.31 Å². The number of aromatic nitrogens is 2. The Morgan fingerprint density at radius 1 is 0.920 bits per heavy atom. The summed E-state index contributed by atoms with van der Waals surface area (Å²) in [6, 6.07) is 16.6. The minimum Gasteiger partial charge on any atom is -0.399 e. The molecule has 0 aliphatic carbocycles. The van der Waals surface area contributed by atoms with Gasteiger partial charge < -0.3 is 9.31 Å². The van der Waals surface area contributed by atoms with Crippen molar-refractivity contribution in [3.8, 4) is 11.3 Å². The number of hydrogen-bond donors (Lipinski definition) is 0. The fourth-order valence-corrected chi connectivity index (χ4v) is 3.22. The van der Waals surface area contributed by atoms with Crippen LogP contribution in [0.4, 0.5) is 0 Å². The minimum absolute atomic E-state index is 0.343. The smallest absolute Gasteiger partial charge is 0.399 e. The van der Waals surface area contributed by atoms with Crippen LogP contribution < -0.4 is 5.46 Å². The summed E-state index contributed by atoms with van der Waals surface area (Å²) in [5.41, 5.74) is 3.53. The highest BCUT2D eigenvalue weighted by atomic mass is 16.7. The van der Waals surface area contributed by atoms with Gasteiger partial charge in [0.05, 0.1) is 16.7 Å². The van der Waals surface area contributed by atoms with Crippen molar-refractivity contribution in [2.75, 3.05) is 0 Å². The molecule has 4 nitrogen and oxygen atoms in total. The summed E-state index contributed by atoms with van der Waals surface area (Å²) in [5.74, 6) is 0. The lowest BCUT2D eigenvalue weighted by molar-refractivity contribution is 0.00578. The first-order valence-corrected chi connectivity index (χ1v) is 8.66. The molecule has 1 saturated heterocycles. The van der Waals surface area contributed by atoms with E-state index in [0.29, 0.717) is 0 Å². The van der Waals surface area contributed by atoms with E-state index in [4.69, 9.17) is 14.4 Å². The Balaban J connectivity index is 1.81. The molecule has 0 radical (unpaired) electrons. The highest BCUT2D eigenvalue weighted by Gasteiger charge is 2.51. The average molecular weight is 334 g/mol. The zero-order valence-electron chi connectivity index (χ0n) is 15.4. The molecule has 25 heavy (non-hydrogen) atoms. The predicted octanol–water partition coefficient (Wildman–Crippen LogP) is 3.54. The number of rotatable bonds is 2. The minimum atomic E-state index is -0.363. The van der Waals surface area contributed by atoms with E-state index in [-0.39, 0.29) is 18.3 Å². The fraction of sp³-hybridized carbons (Fsp3) is 0.350. The van der Waals surface area contributed by atoms with E-state index in [1.54, 1.807) is 0 Å². The Bertz CT molecular complexity index is 916. The lowest BCUT2D eigenvalue weighted by Crippen LogP contribution is -2.41. The van der Waals surface area contributed by atoms with Crippen molar-refractivity contribution in [3.63, 3.8) is 0 Å². The topological polar surface area (TPSA) is 36.3 Å². The van der Waals surface area contributed by atoms with E-state index in [1.165, 1.54) is 0 Å². The van der Waals surface area contributed by atoms with Gasteiger partial charge in [-0.15, -0.1) is 0 Å². The zero-order valence-corrected chi connectivity index (χ0v) is 15.4. The van der Waals surface area contributed by atoms with Crippen LogP contribution in [-0.4, -0.2) is 28.1 Å². The molecule has 0 atom stereocenters. The molecule has 2 aromatic carbocycles. The molecule has 3 aromatic rings. The summed E-state index contributed by atoms with van der Waals surface area (Å²) in [6.07, 6.45) is 0. The van der Waals surface area contributed by atoms with Gasteiger partial charge in [0, 0.05) is 18.0 Å². The van der Waals surface area contributed by atoms with Crippen LogP contribution in [0.15, 0.2) is 48.5 Å². The van der Waals surface area contributed by atoms with Crippen LogP contribution in [0.1, 0.15) is 27.7 Å². The summed E-state index contributed by atoms with van der Waals surface area (Å²) in [7, 11) is 1.61. The van der Waals surface area contributed by atoms with Crippen LogP contribution in [-0.2, 0) is 16.4 Å². The second kappa shape index (κ2) is 5.45. The Morgan fingerprint density at radius 2 is 1.56 bits per heavy atom. The summed E-state index contributed by atoms with van der Waals surface area (Å²) in [6.45, 7) is 8.30. The van der Waals surface area contributed by atoms with Crippen molar-refractivity contribution >= 4 is 23.5 Å². The number of aryl methyl sites for hydroxylation is 1. The van der Waals surface area contributed by atoms with E-state index < -0.39 is 0 Å². The van der Waals surface area contributed by atoms with Crippen LogP contribution >= 0.6 is 0 Å². The summed E-state index contributed by atoms with van der Waals surface area (Å²) >= 11 is 0. The van der Waals surface area contributed by atoms with Crippen LogP contribution in [0.3, 0.4) is 0 Å². The Kier molecular flexibility index (Phi) is 3.57. The van der Waals surface area contributed by atoms with E-state index >= 15 is 0 Å². The lowest BCUT2D eigenvalue weighted by atomic mass is 9.78. The van der Waals surface area contributed by atoms with E-state index in [0.717, 1.165) is 27.6 Å². The van der Waals surface area contributed by atoms with Gasteiger partial charge in [-0.2, -0.15) is 5.10 Å². The largest absolute Gasteiger partial charge is 0.494 e. The molecule has 1 fully saturated rings. The monoisotopic (exact) mass is 334 g/mol. The second-order valence-electron chi connectivity index (χ2n) is 7.70. The molecule has 1 aliphatic rings. The first kappa shape index (κ1) is 16.4. The van der Waals surface area contributed by atoms with Crippen molar-refractivity contribution in [1.29, 1.82) is 0 Å². The van der Waals surface area contributed by atoms with Gasteiger partial charge in [0.15, 0.2) is 0 Å². The number of hydrogen-bond acceptors (Lipinski definition) is 3. The first-order valence-electron chi connectivity index (χ1n) is 8.66. The molecule has 0 N–H and O–H groups in total. The number of benzene rings is 2. The Hall–Kier alpha value is -2.11. The van der Waals surface area contributed by atoms with Gasteiger partial charge in [0.1, 0.15) is 5.69 Å². The van der Waals surface area contributed by atoms with Gasteiger partial charge >= 0.3 is 7.12 Å². The maximum Gasteiger partial charge on any atom is 0.494 e. The average Bonchev–Trinajstić information content (AvgIpc) is 3.01. The van der Waals surface area contributed by atoms with E-state index in [1.807, 2.05) is 29.9 Å². The van der Waals surface area contributed by atoms with Gasteiger partial charge in [0.2, 0.25) is 0 Å². The zero-order chi connectivity index (χ0) is 17.8. The third kappa shape index (κ3) is 2.59. The SMILES string of the molecule is Cn1nc(-c2ccccc2)c2cc(B3OC(C)(C)C(C)(C)O3)ccc21. The van der Waals surface area contributed by atoms with Gasteiger partial charge in [0.25, 0.3) is 0 Å². The number of nitrogens with zero attached hydrogens (tertiary/aromatic N) is 2. The van der Waals surface area contributed by atoms with Crippen molar-refractivity contribution in [2.24, 2.45) is 7.05 Å². The maximum atomic E-state index is 6.20. The Morgan fingerprint density at radius 3 is 2.20 bits per heavy atom. The van der Waals surface area contributed by atoms with Crippen LogP contribution in [0, 0.1) is 0 Å². The van der Waals surface area contributed by atoms with Crippen molar-refractivity contribution in [2.45, 2.75) is 38.9 Å². The molecule has 128 valence electrons. The summed E-state index contributed by atoms with van der Waals surface area (Å²) in [5, 5.41) is 5.83. The molecule has 0 amide bonds. The van der Waals surface area contributed by atoms with Gasteiger partial charge in [-0.25, -0.2) is 0 Å². The van der Waals surface area contributed by atoms with Crippen LogP contribution in [0.25, 0.3) is 22.2 Å². The standard InChI is InChI=1S/C20H23BN2O2/c1-19(2)20(3,4)25-21(24-19)15-11-12-17-16(13-15)18(22-23(17)5)14-9-7-6-8-10-14/h6-13H,1-5H3. The molecule has 5 heteroatoms. The highest BCUT2D eigenvalue weighted by Crippen LogP contribution is 2.37. The van der Waals surface area contributed by atoms with E-state index in [9.17, 15) is 0 Å². The van der Waals surface area contributed by atoms with Gasteiger partial charge in [-0.1, -0.05) is 42.5 Å². The van der Waals surface area contributed by atoms with Gasteiger partial charge in [-0.05, 0) is 39.2 Å². The van der Waals surface area contributed by atoms with Crippen LogP contribution in [0.2, 0.25) is 0 Å². The summed E-state index contributed by atoms with van der Waals surface area (Å²) < 4.78 is 14.3. The van der Waals surface area contributed by atoms with Crippen LogP contribution in [0.5, 0.6) is 0 Å². The first-order chi connectivity index (χ1) is 11.8. The molecule has 4 rings (SSSR count). The van der Waals surface area contributed by atoms with Crippen molar-refractivity contribution in [3.05, 3.63) is 48.5 Å². The van der Waals surface area contributed by atoms with E-state index in [2.05, 4.69) is 58.0 Å². The Labute approximate surface area is 148 Å². The van der Waals surface area contributed by atoms with Crippen molar-refractivity contribution in [1.82, 2.24) is 9.78 Å².